The van der Waals surface area contributed by atoms with Gasteiger partial charge in [-0.1, -0.05) is 0 Å². The molecule has 0 saturated carbocycles. The normalized spacial score (nSPS) is 15.9. The van der Waals surface area contributed by atoms with Gasteiger partial charge in [0.05, 0.1) is 0 Å². The standard InChI is InChI=1S/C14H18N6O2S.ClH/c1-17-11-10(12(21)18(2)14(17)22)20-9(8-23-13(20)16-11)7-19-5-3-15-4-6-19;/h8,15H,3-7H2,1-2H3;1H. The number of aromatic nitrogens is 4. The fourth-order valence-electron chi connectivity index (χ4n) is 3.10. The number of halogens is 1. The number of aryl methyl sites for hydroxylation is 1. The second-order valence-corrected chi connectivity index (χ2v) is 6.70. The van der Waals surface area contributed by atoms with Crippen molar-refractivity contribution in [2.45, 2.75) is 6.54 Å². The van der Waals surface area contributed by atoms with Crippen LogP contribution in [0.2, 0.25) is 0 Å². The summed E-state index contributed by atoms with van der Waals surface area (Å²) < 4.78 is 4.48. The zero-order valence-electron chi connectivity index (χ0n) is 13.5. The van der Waals surface area contributed by atoms with Crippen LogP contribution in [0.4, 0.5) is 0 Å². The van der Waals surface area contributed by atoms with Crippen LogP contribution in [-0.2, 0) is 20.6 Å². The summed E-state index contributed by atoms with van der Waals surface area (Å²) in [5.41, 5.74) is 1.33. The van der Waals surface area contributed by atoms with Gasteiger partial charge >= 0.3 is 5.69 Å². The summed E-state index contributed by atoms with van der Waals surface area (Å²) in [6, 6.07) is 0. The topological polar surface area (TPSA) is 76.6 Å². The number of nitrogens with zero attached hydrogens (tertiary/aromatic N) is 5. The zero-order valence-corrected chi connectivity index (χ0v) is 15.1. The van der Waals surface area contributed by atoms with E-state index >= 15 is 0 Å². The number of rotatable bonds is 2. The summed E-state index contributed by atoms with van der Waals surface area (Å²) in [7, 11) is 3.16. The molecule has 4 rings (SSSR count). The van der Waals surface area contributed by atoms with Crippen molar-refractivity contribution < 1.29 is 0 Å². The Hall–Kier alpha value is -1.68. The SMILES string of the molecule is Cl.Cn1c(=O)c2c(nc3scc(CN4CCNCC4)n32)n(C)c1=O. The number of piperazine rings is 1. The van der Waals surface area contributed by atoms with Gasteiger partial charge in [0.2, 0.25) is 0 Å². The van der Waals surface area contributed by atoms with E-state index in [9.17, 15) is 9.59 Å². The van der Waals surface area contributed by atoms with Crippen LogP contribution in [0.25, 0.3) is 16.1 Å². The molecule has 1 N–H and O–H groups in total. The highest BCUT2D eigenvalue weighted by Crippen LogP contribution is 2.22. The first-order valence-corrected chi connectivity index (χ1v) is 8.43. The van der Waals surface area contributed by atoms with Crippen LogP contribution in [0.15, 0.2) is 15.0 Å². The molecule has 3 aromatic rings. The van der Waals surface area contributed by atoms with E-state index in [1.807, 2.05) is 9.78 Å². The summed E-state index contributed by atoms with van der Waals surface area (Å²) in [6.07, 6.45) is 0. The van der Waals surface area contributed by atoms with Crippen LogP contribution in [0.3, 0.4) is 0 Å². The average molecular weight is 371 g/mol. The minimum atomic E-state index is -0.350. The Morgan fingerprint density at radius 2 is 1.92 bits per heavy atom. The quantitative estimate of drug-likeness (QED) is 0.674. The molecular weight excluding hydrogens is 352 g/mol. The molecule has 0 bridgehead atoms. The van der Waals surface area contributed by atoms with E-state index in [0.29, 0.717) is 11.2 Å². The molecule has 4 heterocycles. The molecule has 24 heavy (non-hydrogen) atoms. The van der Waals surface area contributed by atoms with E-state index in [0.717, 1.165) is 47.9 Å². The van der Waals surface area contributed by atoms with Crippen LogP contribution >= 0.6 is 23.7 Å². The molecule has 1 saturated heterocycles. The summed E-state index contributed by atoms with van der Waals surface area (Å²) >= 11 is 1.50. The molecule has 130 valence electrons. The lowest BCUT2D eigenvalue weighted by Crippen LogP contribution is -2.43. The van der Waals surface area contributed by atoms with Gasteiger partial charge in [0.1, 0.15) is 0 Å². The molecule has 8 nitrogen and oxygen atoms in total. The smallest absolute Gasteiger partial charge is 0.314 e. The first-order valence-electron chi connectivity index (χ1n) is 7.55. The van der Waals surface area contributed by atoms with Crippen molar-refractivity contribution in [3.05, 3.63) is 31.9 Å². The number of fused-ring (bicyclic) bond motifs is 3. The lowest BCUT2D eigenvalue weighted by molar-refractivity contribution is 0.230. The van der Waals surface area contributed by atoms with Gasteiger partial charge in [0.15, 0.2) is 16.1 Å². The van der Waals surface area contributed by atoms with E-state index in [4.69, 9.17) is 0 Å². The Morgan fingerprint density at radius 3 is 2.62 bits per heavy atom. The van der Waals surface area contributed by atoms with Gasteiger partial charge in [-0.3, -0.25) is 23.2 Å². The highest BCUT2D eigenvalue weighted by molar-refractivity contribution is 7.15. The van der Waals surface area contributed by atoms with E-state index in [2.05, 4.69) is 15.2 Å². The Bertz CT molecular complexity index is 1010. The molecule has 0 aromatic carbocycles. The summed E-state index contributed by atoms with van der Waals surface area (Å²) in [5.74, 6) is 0. The molecule has 1 aliphatic heterocycles. The van der Waals surface area contributed by atoms with Crippen molar-refractivity contribution >= 4 is 39.9 Å². The molecule has 1 fully saturated rings. The molecule has 0 amide bonds. The van der Waals surface area contributed by atoms with Gasteiger partial charge in [0, 0.05) is 57.9 Å². The van der Waals surface area contributed by atoms with Crippen molar-refractivity contribution in [1.29, 1.82) is 0 Å². The van der Waals surface area contributed by atoms with E-state index < -0.39 is 0 Å². The van der Waals surface area contributed by atoms with Crippen molar-refractivity contribution in [3.8, 4) is 0 Å². The summed E-state index contributed by atoms with van der Waals surface area (Å²) in [4.78, 5) is 32.3. The second kappa shape index (κ2) is 6.32. The minimum Gasteiger partial charge on any atom is -0.314 e. The molecule has 0 spiro atoms. The van der Waals surface area contributed by atoms with Gasteiger partial charge < -0.3 is 5.32 Å². The minimum absolute atomic E-state index is 0. The lowest BCUT2D eigenvalue weighted by atomic mass is 10.3. The third-order valence-corrected chi connectivity index (χ3v) is 5.28. The fourth-order valence-corrected chi connectivity index (χ4v) is 3.98. The summed E-state index contributed by atoms with van der Waals surface area (Å²) in [6.45, 7) is 4.71. The molecular formula is C14H19ClN6O2S. The number of nitrogens with one attached hydrogen (secondary N) is 1. The van der Waals surface area contributed by atoms with Crippen LogP contribution in [0, 0.1) is 0 Å². The third kappa shape index (κ3) is 2.48. The number of hydrogen-bond acceptors (Lipinski definition) is 6. The average Bonchev–Trinajstić information content (AvgIpc) is 3.12. The maximum absolute atomic E-state index is 12.6. The largest absolute Gasteiger partial charge is 0.332 e. The third-order valence-electron chi connectivity index (χ3n) is 4.41. The monoisotopic (exact) mass is 370 g/mol. The highest BCUT2D eigenvalue weighted by atomic mass is 35.5. The van der Waals surface area contributed by atoms with Crippen molar-refractivity contribution in [3.63, 3.8) is 0 Å². The van der Waals surface area contributed by atoms with Gasteiger partial charge in [-0.05, 0) is 0 Å². The molecule has 0 atom stereocenters. The van der Waals surface area contributed by atoms with Crippen LogP contribution in [0.5, 0.6) is 0 Å². The Morgan fingerprint density at radius 1 is 1.21 bits per heavy atom. The predicted octanol–water partition coefficient (Wildman–Crippen LogP) is -0.227. The molecule has 1 aliphatic rings. The van der Waals surface area contributed by atoms with E-state index in [1.165, 1.54) is 23.0 Å². The predicted molar refractivity (Wildman–Crippen MR) is 96.5 cm³/mol. The summed E-state index contributed by atoms with van der Waals surface area (Å²) in [5, 5.41) is 5.39. The molecule has 0 aliphatic carbocycles. The maximum Gasteiger partial charge on any atom is 0.332 e. The van der Waals surface area contributed by atoms with Crippen molar-refractivity contribution in [2.75, 3.05) is 26.2 Å². The molecule has 0 unspecified atom stereocenters. The van der Waals surface area contributed by atoms with Gasteiger partial charge in [-0.15, -0.1) is 23.7 Å². The van der Waals surface area contributed by atoms with Gasteiger partial charge in [-0.2, -0.15) is 0 Å². The molecule has 10 heteroatoms. The first-order chi connectivity index (χ1) is 11.1. The lowest BCUT2D eigenvalue weighted by Gasteiger charge is -2.26. The number of thiazole rings is 1. The molecule has 3 aromatic heterocycles. The number of imidazole rings is 1. The van der Waals surface area contributed by atoms with Crippen molar-refractivity contribution in [2.24, 2.45) is 14.1 Å². The van der Waals surface area contributed by atoms with Gasteiger partial charge in [-0.25, -0.2) is 9.78 Å². The van der Waals surface area contributed by atoms with E-state index in [-0.39, 0.29) is 23.7 Å². The van der Waals surface area contributed by atoms with Crippen LogP contribution in [-0.4, -0.2) is 49.6 Å². The van der Waals surface area contributed by atoms with Crippen LogP contribution in [0.1, 0.15) is 5.69 Å². The Kier molecular flexibility index (Phi) is 4.52. The second-order valence-electron chi connectivity index (χ2n) is 5.86. The Balaban J connectivity index is 0.00000169. The van der Waals surface area contributed by atoms with E-state index in [1.54, 1.807) is 7.05 Å². The first kappa shape index (κ1) is 17.2. The van der Waals surface area contributed by atoms with Crippen LogP contribution < -0.4 is 16.6 Å². The Labute approximate surface area is 147 Å². The van der Waals surface area contributed by atoms with Crippen molar-refractivity contribution in [1.82, 2.24) is 28.7 Å². The number of hydrogen-bond donors (Lipinski definition) is 1. The maximum atomic E-state index is 12.6. The van der Waals surface area contributed by atoms with Gasteiger partial charge in [0.25, 0.3) is 5.56 Å². The zero-order chi connectivity index (χ0) is 16.1. The highest BCUT2D eigenvalue weighted by Gasteiger charge is 2.20. The molecule has 0 radical (unpaired) electrons. The fraction of sp³-hybridized carbons (Fsp3) is 0.500.